The number of sulfonamides is 1. The molecular weight excluding hydrogens is 402 g/mol. The molecule has 28 heavy (non-hydrogen) atoms. The van der Waals surface area contributed by atoms with E-state index in [4.69, 9.17) is 21.1 Å². The normalized spacial score (nSPS) is 12.5. The van der Waals surface area contributed by atoms with Gasteiger partial charge >= 0.3 is 5.97 Å². The fourth-order valence-corrected chi connectivity index (χ4v) is 4.68. The number of benzene rings is 2. The topological polar surface area (TPSA) is 81.7 Å². The first-order valence-electron chi connectivity index (χ1n) is 8.77. The molecule has 1 atom stereocenters. The van der Waals surface area contributed by atoms with Gasteiger partial charge in [0.25, 0.3) is 0 Å². The van der Waals surface area contributed by atoms with Crippen LogP contribution in [0.25, 0.3) is 0 Å². The van der Waals surface area contributed by atoms with Crippen LogP contribution in [0.5, 0.6) is 5.75 Å². The number of carbonyl (C=O) groups excluding carboxylic acids is 1. The van der Waals surface area contributed by atoms with Gasteiger partial charge in [0.05, 0.1) is 31.1 Å². The van der Waals surface area contributed by atoms with Crippen LogP contribution in [0, 0.1) is 13.8 Å². The highest BCUT2D eigenvalue weighted by molar-refractivity contribution is 7.89. The fraction of sp³-hybridized carbons (Fsp3) is 0.350. The lowest BCUT2D eigenvalue weighted by Gasteiger charge is -2.21. The molecule has 2 rings (SSSR count). The van der Waals surface area contributed by atoms with Gasteiger partial charge in [0.15, 0.2) is 0 Å². The van der Waals surface area contributed by atoms with Crippen LogP contribution >= 0.6 is 11.6 Å². The van der Waals surface area contributed by atoms with E-state index in [1.54, 1.807) is 57.2 Å². The molecule has 0 aliphatic heterocycles. The Balaban J connectivity index is 2.44. The molecule has 0 spiro atoms. The predicted molar refractivity (Wildman–Crippen MR) is 108 cm³/mol. The average molecular weight is 426 g/mol. The molecule has 0 aliphatic rings. The largest absolute Gasteiger partial charge is 0.496 e. The molecule has 0 heterocycles. The van der Waals surface area contributed by atoms with Gasteiger partial charge in [0.1, 0.15) is 5.75 Å². The lowest BCUT2D eigenvalue weighted by molar-refractivity contribution is -0.143. The number of hydrogen-bond acceptors (Lipinski definition) is 5. The second kappa shape index (κ2) is 9.41. The van der Waals surface area contributed by atoms with E-state index in [-0.39, 0.29) is 17.9 Å². The number of nitrogens with one attached hydrogen (secondary N) is 1. The van der Waals surface area contributed by atoms with Crippen LogP contribution in [0.4, 0.5) is 0 Å². The van der Waals surface area contributed by atoms with E-state index < -0.39 is 22.0 Å². The van der Waals surface area contributed by atoms with E-state index in [0.29, 0.717) is 27.5 Å². The lowest BCUT2D eigenvalue weighted by Crippen LogP contribution is -2.31. The number of hydrogen-bond donors (Lipinski definition) is 1. The zero-order valence-electron chi connectivity index (χ0n) is 16.3. The summed E-state index contributed by atoms with van der Waals surface area (Å²) in [6.45, 7) is 5.35. The van der Waals surface area contributed by atoms with Crippen molar-refractivity contribution in [3.05, 3.63) is 58.1 Å². The summed E-state index contributed by atoms with van der Waals surface area (Å²) in [6.07, 6.45) is -0.176. The van der Waals surface area contributed by atoms with Gasteiger partial charge in [0, 0.05) is 5.02 Å². The summed E-state index contributed by atoms with van der Waals surface area (Å²) in [4.78, 5) is 12.2. The summed E-state index contributed by atoms with van der Waals surface area (Å²) >= 11 is 6.25. The van der Waals surface area contributed by atoms with Crippen molar-refractivity contribution >= 4 is 27.6 Å². The molecule has 0 fully saturated rings. The van der Waals surface area contributed by atoms with Gasteiger partial charge in [-0.3, -0.25) is 4.79 Å². The number of aryl methyl sites for hydroxylation is 2. The van der Waals surface area contributed by atoms with Crippen molar-refractivity contribution in [1.82, 2.24) is 4.72 Å². The maximum absolute atomic E-state index is 13.1. The van der Waals surface area contributed by atoms with Crippen molar-refractivity contribution in [2.24, 2.45) is 0 Å². The number of carbonyl (C=O) groups is 1. The van der Waals surface area contributed by atoms with Gasteiger partial charge < -0.3 is 9.47 Å². The zero-order valence-corrected chi connectivity index (χ0v) is 17.9. The molecule has 0 saturated carbocycles. The van der Waals surface area contributed by atoms with Crippen molar-refractivity contribution in [3.63, 3.8) is 0 Å². The Bertz CT molecular complexity index is 959. The summed E-state index contributed by atoms with van der Waals surface area (Å²) in [7, 11) is -2.41. The molecule has 1 N–H and O–H groups in total. The minimum absolute atomic E-state index is 0.117. The van der Waals surface area contributed by atoms with E-state index in [1.165, 1.54) is 7.11 Å². The molecule has 0 aliphatic carbocycles. The molecule has 152 valence electrons. The Hall–Kier alpha value is -2.09. The fourth-order valence-electron chi connectivity index (χ4n) is 2.88. The molecule has 2 aromatic carbocycles. The highest BCUT2D eigenvalue weighted by Crippen LogP contribution is 2.30. The summed E-state index contributed by atoms with van der Waals surface area (Å²) in [5, 5.41) is 0.363. The van der Waals surface area contributed by atoms with Crippen LogP contribution < -0.4 is 9.46 Å². The first-order chi connectivity index (χ1) is 13.2. The lowest BCUT2D eigenvalue weighted by atomic mass is 10.1. The summed E-state index contributed by atoms with van der Waals surface area (Å²) in [5.41, 5.74) is 1.72. The Morgan fingerprint density at radius 3 is 2.46 bits per heavy atom. The number of methoxy groups -OCH3 is 1. The molecule has 0 radical (unpaired) electrons. The van der Waals surface area contributed by atoms with E-state index in [2.05, 4.69) is 4.72 Å². The zero-order chi connectivity index (χ0) is 20.9. The minimum atomic E-state index is -3.94. The smallest absolute Gasteiger partial charge is 0.307 e. The third-order valence-corrected chi connectivity index (χ3v) is 6.19. The van der Waals surface area contributed by atoms with Crippen LogP contribution in [0.2, 0.25) is 5.02 Å². The second-order valence-corrected chi connectivity index (χ2v) is 8.38. The molecule has 8 heteroatoms. The van der Waals surface area contributed by atoms with Crippen LogP contribution in [-0.2, 0) is 19.6 Å². The van der Waals surface area contributed by atoms with E-state index >= 15 is 0 Å². The average Bonchev–Trinajstić information content (AvgIpc) is 2.63. The third kappa shape index (κ3) is 5.25. The van der Waals surface area contributed by atoms with Gasteiger partial charge in [-0.15, -0.1) is 0 Å². The first kappa shape index (κ1) is 22.2. The molecular formula is C20H24ClNO5S. The summed E-state index contributed by atoms with van der Waals surface area (Å²) in [5.74, 6) is 0.0865. The highest BCUT2D eigenvalue weighted by Gasteiger charge is 2.27. The van der Waals surface area contributed by atoms with Gasteiger partial charge in [-0.2, -0.15) is 0 Å². The van der Waals surface area contributed by atoms with Gasteiger partial charge in [0.2, 0.25) is 10.0 Å². The van der Waals surface area contributed by atoms with Crippen molar-refractivity contribution in [3.8, 4) is 5.75 Å². The number of halogens is 1. The second-order valence-electron chi connectivity index (χ2n) is 6.29. The maximum atomic E-state index is 13.1. The van der Waals surface area contributed by atoms with Gasteiger partial charge in [-0.25, -0.2) is 13.1 Å². The van der Waals surface area contributed by atoms with Crippen LogP contribution in [0.1, 0.15) is 36.1 Å². The van der Waals surface area contributed by atoms with Crippen molar-refractivity contribution in [2.45, 2.75) is 38.1 Å². The quantitative estimate of drug-likeness (QED) is 0.648. The maximum Gasteiger partial charge on any atom is 0.307 e. The summed E-state index contributed by atoms with van der Waals surface area (Å²) in [6, 6.07) is 9.14. The molecule has 0 unspecified atom stereocenters. The van der Waals surface area contributed by atoms with E-state index in [1.807, 2.05) is 0 Å². The van der Waals surface area contributed by atoms with Gasteiger partial charge in [-0.05, 0) is 55.7 Å². The van der Waals surface area contributed by atoms with Crippen LogP contribution in [-0.4, -0.2) is 28.1 Å². The molecule has 2 aromatic rings. The van der Waals surface area contributed by atoms with Crippen LogP contribution in [0.15, 0.2) is 41.3 Å². The summed E-state index contributed by atoms with van der Waals surface area (Å²) < 4.78 is 39.0. The Kier molecular flexibility index (Phi) is 7.46. The van der Waals surface area contributed by atoms with Crippen molar-refractivity contribution in [1.29, 1.82) is 0 Å². The molecule has 6 nitrogen and oxygen atoms in total. The third-order valence-electron chi connectivity index (χ3n) is 4.24. The number of rotatable bonds is 8. The number of ether oxygens (including phenoxy) is 2. The monoisotopic (exact) mass is 425 g/mol. The predicted octanol–water partition coefficient (Wildman–Crippen LogP) is 3.94. The van der Waals surface area contributed by atoms with Crippen LogP contribution in [0.3, 0.4) is 0 Å². The standard InChI is InChI=1S/C20H24ClNO5S/c1-5-27-20(23)12-17(15-8-6-7-9-16(15)21)22-28(24,25)19-11-13(2)18(26-4)10-14(19)3/h6-11,17,22H,5,12H2,1-4H3/t17-/m1/s1. The highest BCUT2D eigenvalue weighted by atomic mass is 35.5. The van der Waals surface area contributed by atoms with E-state index in [9.17, 15) is 13.2 Å². The molecule has 0 bridgehead atoms. The minimum Gasteiger partial charge on any atom is -0.496 e. The molecule has 0 amide bonds. The van der Waals surface area contributed by atoms with Gasteiger partial charge in [-0.1, -0.05) is 29.8 Å². The molecule has 0 saturated heterocycles. The molecule has 0 aromatic heterocycles. The van der Waals surface area contributed by atoms with Crippen molar-refractivity contribution in [2.75, 3.05) is 13.7 Å². The SMILES string of the molecule is CCOC(=O)C[C@@H](NS(=O)(=O)c1cc(C)c(OC)cc1C)c1ccccc1Cl. The first-order valence-corrected chi connectivity index (χ1v) is 10.6. The Labute approximate surface area is 170 Å². The Morgan fingerprint density at radius 2 is 1.86 bits per heavy atom. The van der Waals surface area contributed by atoms with Crippen molar-refractivity contribution < 1.29 is 22.7 Å². The Morgan fingerprint density at radius 1 is 1.18 bits per heavy atom. The van der Waals surface area contributed by atoms with E-state index in [0.717, 1.165) is 0 Å². The number of esters is 1.